The van der Waals surface area contributed by atoms with Gasteiger partial charge in [0, 0.05) is 6.42 Å². The monoisotopic (exact) mass is 112 g/mol. The molecule has 0 aliphatic heterocycles. The first-order valence-corrected chi connectivity index (χ1v) is 3.35. The van der Waals surface area contributed by atoms with Gasteiger partial charge in [0.05, 0.1) is 0 Å². The third-order valence-corrected chi connectivity index (χ3v) is 0.675. The molecule has 0 heterocycles. The minimum atomic E-state index is 0.941. The van der Waals surface area contributed by atoms with E-state index in [9.17, 15) is 0 Å². The molecule has 0 N–H and O–H groups in total. The molecule has 0 fully saturated rings. The maximum atomic E-state index is 4.96. The Morgan fingerprint density at radius 3 is 2.00 bits per heavy atom. The molecule has 0 saturated carbocycles. The van der Waals surface area contributed by atoms with Crippen molar-refractivity contribution in [1.29, 1.82) is 0 Å². The Bertz CT molecular complexity index is 47.5. The molecule has 8 heavy (non-hydrogen) atoms. The Hall–Kier alpha value is -0.440. The number of rotatable bonds is 2. The third kappa shape index (κ3) is 17.6. The van der Waals surface area contributed by atoms with Crippen LogP contribution < -0.4 is 0 Å². The number of hydrogen-bond acceptors (Lipinski definition) is 0. The summed E-state index contributed by atoms with van der Waals surface area (Å²) in [6.07, 6.45) is 8.30. The van der Waals surface area contributed by atoms with Crippen molar-refractivity contribution in [2.45, 2.75) is 40.0 Å². The highest BCUT2D eigenvalue weighted by Crippen LogP contribution is 1.88. The molecule has 0 saturated heterocycles. The van der Waals surface area contributed by atoms with Crippen LogP contribution >= 0.6 is 0 Å². The number of unbranched alkanes of at least 4 members (excludes halogenated alkanes) is 2. The van der Waals surface area contributed by atoms with E-state index in [4.69, 9.17) is 6.42 Å². The zero-order valence-electron chi connectivity index (χ0n) is 6.20. The van der Waals surface area contributed by atoms with Crippen LogP contribution in [0.4, 0.5) is 0 Å². The van der Waals surface area contributed by atoms with Crippen molar-refractivity contribution < 1.29 is 0 Å². The summed E-state index contributed by atoms with van der Waals surface area (Å²) < 4.78 is 0. The standard InChI is InChI=1S/C6H10.C2H6/c1-3-5-6-4-2;1-2/h1H,4-6H2,2H3;1-2H3. The normalized spacial score (nSPS) is 6.25. The molecule has 0 atom stereocenters. The Morgan fingerprint density at radius 2 is 1.88 bits per heavy atom. The molecule has 0 unspecified atom stereocenters. The average molecular weight is 112 g/mol. The first kappa shape index (κ1) is 10.5. The van der Waals surface area contributed by atoms with Crippen LogP contribution in [-0.4, -0.2) is 0 Å². The summed E-state index contributed by atoms with van der Waals surface area (Å²) in [6.45, 7) is 6.14. The number of terminal acetylenes is 1. The van der Waals surface area contributed by atoms with E-state index in [1.165, 1.54) is 12.8 Å². The van der Waals surface area contributed by atoms with Crippen molar-refractivity contribution in [2.75, 3.05) is 0 Å². The summed E-state index contributed by atoms with van der Waals surface area (Å²) >= 11 is 0. The quantitative estimate of drug-likeness (QED) is 0.380. The molecule has 0 spiro atoms. The Labute approximate surface area is 53.3 Å². The lowest BCUT2D eigenvalue weighted by Gasteiger charge is -1.79. The molecular weight excluding hydrogens is 96.1 g/mol. The van der Waals surface area contributed by atoms with Gasteiger partial charge in [0.2, 0.25) is 0 Å². The molecule has 0 aromatic rings. The molecule has 0 nitrogen and oxygen atoms in total. The van der Waals surface area contributed by atoms with Crippen molar-refractivity contribution >= 4 is 0 Å². The van der Waals surface area contributed by atoms with Crippen LogP contribution in [0, 0.1) is 12.3 Å². The lowest BCUT2D eigenvalue weighted by atomic mass is 10.3. The molecule has 0 aliphatic rings. The zero-order chi connectivity index (χ0) is 6.83. The highest BCUT2D eigenvalue weighted by Gasteiger charge is 1.71. The van der Waals surface area contributed by atoms with Crippen LogP contribution in [0.2, 0.25) is 0 Å². The van der Waals surface area contributed by atoms with Crippen molar-refractivity contribution in [2.24, 2.45) is 0 Å². The third-order valence-electron chi connectivity index (χ3n) is 0.675. The average Bonchev–Trinajstić information content (AvgIpc) is 1.88. The lowest BCUT2D eigenvalue weighted by Crippen LogP contribution is -1.62. The Balaban J connectivity index is 0. The minimum Gasteiger partial charge on any atom is -0.120 e. The first-order valence-electron chi connectivity index (χ1n) is 3.35. The van der Waals surface area contributed by atoms with Gasteiger partial charge in [0.15, 0.2) is 0 Å². The Kier molecular flexibility index (Phi) is 21.0. The summed E-state index contributed by atoms with van der Waals surface area (Å²) in [5.41, 5.74) is 0. The van der Waals surface area contributed by atoms with Gasteiger partial charge < -0.3 is 0 Å². The van der Waals surface area contributed by atoms with E-state index in [0.717, 1.165) is 6.42 Å². The van der Waals surface area contributed by atoms with E-state index in [2.05, 4.69) is 12.8 Å². The molecule has 0 rings (SSSR count). The van der Waals surface area contributed by atoms with Crippen LogP contribution in [-0.2, 0) is 0 Å². The van der Waals surface area contributed by atoms with E-state index in [0.29, 0.717) is 0 Å². The topological polar surface area (TPSA) is 0 Å². The van der Waals surface area contributed by atoms with Crippen molar-refractivity contribution in [1.82, 2.24) is 0 Å². The van der Waals surface area contributed by atoms with Crippen LogP contribution in [0.5, 0.6) is 0 Å². The molecule has 0 bridgehead atoms. The second-order valence-electron chi connectivity index (χ2n) is 1.31. The molecule has 0 amide bonds. The van der Waals surface area contributed by atoms with Crippen LogP contribution in [0.15, 0.2) is 0 Å². The summed E-state index contributed by atoms with van der Waals surface area (Å²) in [5.74, 6) is 2.57. The summed E-state index contributed by atoms with van der Waals surface area (Å²) in [4.78, 5) is 0. The predicted molar refractivity (Wildman–Crippen MR) is 39.7 cm³/mol. The van der Waals surface area contributed by atoms with Crippen LogP contribution in [0.25, 0.3) is 0 Å². The van der Waals surface area contributed by atoms with E-state index in [1.54, 1.807) is 0 Å². The maximum Gasteiger partial charge on any atom is 0.00859 e. The van der Waals surface area contributed by atoms with Crippen molar-refractivity contribution in [3.8, 4) is 12.3 Å². The molecule has 48 valence electrons. The van der Waals surface area contributed by atoms with E-state index >= 15 is 0 Å². The van der Waals surface area contributed by atoms with Gasteiger partial charge in [-0.2, -0.15) is 0 Å². The summed E-state index contributed by atoms with van der Waals surface area (Å²) in [5, 5.41) is 0. The zero-order valence-corrected chi connectivity index (χ0v) is 6.20. The van der Waals surface area contributed by atoms with E-state index < -0.39 is 0 Å². The molecular formula is C8H16. The van der Waals surface area contributed by atoms with Gasteiger partial charge in [0.1, 0.15) is 0 Å². The minimum absolute atomic E-state index is 0.941. The van der Waals surface area contributed by atoms with Gasteiger partial charge in [-0.05, 0) is 6.42 Å². The van der Waals surface area contributed by atoms with Crippen molar-refractivity contribution in [3.05, 3.63) is 0 Å². The van der Waals surface area contributed by atoms with Gasteiger partial charge in [-0.25, -0.2) is 0 Å². The molecule has 0 radical (unpaired) electrons. The molecule has 0 aliphatic carbocycles. The van der Waals surface area contributed by atoms with Crippen LogP contribution in [0.3, 0.4) is 0 Å². The van der Waals surface area contributed by atoms with Gasteiger partial charge in [-0.3, -0.25) is 0 Å². The van der Waals surface area contributed by atoms with Crippen molar-refractivity contribution in [3.63, 3.8) is 0 Å². The summed E-state index contributed by atoms with van der Waals surface area (Å²) in [6, 6.07) is 0. The second-order valence-corrected chi connectivity index (χ2v) is 1.31. The highest BCUT2D eigenvalue weighted by molar-refractivity contribution is 4.82. The van der Waals surface area contributed by atoms with E-state index in [1.807, 2.05) is 13.8 Å². The lowest BCUT2D eigenvalue weighted by molar-refractivity contribution is 0.828. The van der Waals surface area contributed by atoms with E-state index in [-0.39, 0.29) is 0 Å². The highest BCUT2D eigenvalue weighted by atomic mass is 13.8. The van der Waals surface area contributed by atoms with Gasteiger partial charge in [-0.1, -0.05) is 27.2 Å². The smallest absolute Gasteiger partial charge is 0.00859 e. The first-order chi connectivity index (χ1) is 3.91. The number of hydrogen-bond donors (Lipinski definition) is 0. The fourth-order valence-corrected chi connectivity index (χ4v) is 0.279. The molecule has 0 heteroatoms. The Morgan fingerprint density at radius 1 is 1.38 bits per heavy atom. The summed E-state index contributed by atoms with van der Waals surface area (Å²) in [7, 11) is 0. The second kappa shape index (κ2) is 16.0. The maximum absolute atomic E-state index is 4.96. The molecule has 0 aromatic carbocycles. The predicted octanol–water partition coefficient (Wildman–Crippen LogP) is 2.84. The SMILES string of the molecule is C#CCCCC.CC. The van der Waals surface area contributed by atoms with Gasteiger partial charge >= 0.3 is 0 Å². The fourth-order valence-electron chi connectivity index (χ4n) is 0.279. The molecule has 0 aromatic heterocycles. The largest absolute Gasteiger partial charge is 0.120 e. The van der Waals surface area contributed by atoms with Crippen LogP contribution in [0.1, 0.15) is 40.0 Å². The van der Waals surface area contributed by atoms with Gasteiger partial charge in [-0.15, -0.1) is 12.3 Å². The fraction of sp³-hybridized carbons (Fsp3) is 0.750. The van der Waals surface area contributed by atoms with Gasteiger partial charge in [0.25, 0.3) is 0 Å².